The van der Waals surface area contributed by atoms with Gasteiger partial charge in [-0.3, -0.25) is 0 Å². The highest BCUT2D eigenvalue weighted by Gasteiger charge is 2.04. The smallest absolute Gasteiger partial charge is 0.107 e. The molecule has 0 fully saturated rings. The van der Waals surface area contributed by atoms with Gasteiger partial charge in [0.2, 0.25) is 0 Å². The first kappa shape index (κ1) is 12.7. The van der Waals surface area contributed by atoms with Gasteiger partial charge in [-0.15, -0.1) is 11.3 Å². The summed E-state index contributed by atoms with van der Waals surface area (Å²) in [5.41, 5.74) is 1.75. The van der Waals surface area contributed by atoms with Crippen LogP contribution in [-0.2, 0) is 6.54 Å². The molecule has 0 radical (unpaired) electrons. The largest absolute Gasteiger partial charge is 0.310 e. The SMILES string of the molecule is CCCNCc1ncc(-c2cccc(C#N)c2)s1. The van der Waals surface area contributed by atoms with Gasteiger partial charge in [-0.05, 0) is 30.7 Å². The number of benzene rings is 1. The lowest BCUT2D eigenvalue weighted by atomic mass is 10.1. The fraction of sp³-hybridized carbons (Fsp3) is 0.286. The number of nitrogens with one attached hydrogen (secondary N) is 1. The highest BCUT2D eigenvalue weighted by Crippen LogP contribution is 2.26. The molecule has 1 heterocycles. The number of thiazole rings is 1. The predicted molar refractivity (Wildman–Crippen MR) is 74.3 cm³/mol. The van der Waals surface area contributed by atoms with Crippen LogP contribution in [0.1, 0.15) is 23.9 Å². The third kappa shape index (κ3) is 3.16. The molecule has 0 aliphatic rings. The van der Waals surface area contributed by atoms with E-state index in [1.54, 1.807) is 11.3 Å². The summed E-state index contributed by atoms with van der Waals surface area (Å²) in [4.78, 5) is 5.50. The molecule has 1 aromatic carbocycles. The first-order valence-corrected chi connectivity index (χ1v) is 6.81. The molecule has 0 aliphatic carbocycles. The van der Waals surface area contributed by atoms with Crippen LogP contribution in [0.3, 0.4) is 0 Å². The van der Waals surface area contributed by atoms with E-state index in [0.717, 1.165) is 35.0 Å². The molecule has 18 heavy (non-hydrogen) atoms. The van der Waals surface area contributed by atoms with Crippen molar-refractivity contribution < 1.29 is 0 Å². The summed E-state index contributed by atoms with van der Waals surface area (Å²) >= 11 is 1.67. The quantitative estimate of drug-likeness (QED) is 0.837. The van der Waals surface area contributed by atoms with Crippen molar-refractivity contribution in [3.8, 4) is 16.5 Å². The second-order valence-electron chi connectivity index (χ2n) is 3.99. The Bertz CT molecular complexity index is 554. The third-order valence-corrected chi connectivity index (χ3v) is 3.58. The first-order valence-electron chi connectivity index (χ1n) is 5.99. The van der Waals surface area contributed by atoms with E-state index in [1.165, 1.54) is 0 Å². The predicted octanol–water partition coefficient (Wildman–Crippen LogP) is 3.18. The van der Waals surface area contributed by atoms with E-state index in [0.29, 0.717) is 5.56 Å². The molecule has 1 aromatic heterocycles. The van der Waals surface area contributed by atoms with Crippen molar-refractivity contribution in [1.82, 2.24) is 10.3 Å². The Labute approximate surface area is 111 Å². The molecular formula is C14H15N3S. The van der Waals surface area contributed by atoms with Crippen LogP contribution in [0.4, 0.5) is 0 Å². The second-order valence-corrected chi connectivity index (χ2v) is 5.10. The number of hydrogen-bond donors (Lipinski definition) is 1. The van der Waals surface area contributed by atoms with E-state index in [9.17, 15) is 0 Å². The van der Waals surface area contributed by atoms with E-state index in [2.05, 4.69) is 23.3 Å². The highest BCUT2D eigenvalue weighted by molar-refractivity contribution is 7.15. The van der Waals surface area contributed by atoms with Gasteiger partial charge in [0.1, 0.15) is 5.01 Å². The number of nitriles is 1. The molecule has 2 rings (SSSR count). The highest BCUT2D eigenvalue weighted by atomic mass is 32.1. The molecule has 0 bridgehead atoms. The molecule has 0 saturated carbocycles. The Hall–Kier alpha value is -1.70. The van der Waals surface area contributed by atoms with Crippen LogP contribution < -0.4 is 5.32 Å². The monoisotopic (exact) mass is 257 g/mol. The topological polar surface area (TPSA) is 48.7 Å². The molecule has 0 amide bonds. The zero-order chi connectivity index (χ0) is 12.8. The molecule has 0 aliphatic heterocycles. The average molecular weight is 257 g/mol. The summed E-state index contributed by atoms with van der Waals surface area (Å²) in [6.45, 7) is 3.98. The second kappa shape index (κ2) is 6.29. The molecule has 0 atom stereocenters. The zero-order valence-corrected chi connectivity index (χ0v) is 11.1. The lowest BCUT2D eigenvalue weighted by molar-refractivity contribution is 0.673. The van der Waals surface area contributed by atoms with Crippen LogP contribution in [0.2, 0.25) is 0 Å². The minimum absolute atomic E-state index is 0.687. The molecule has 0 unspecified atom stereocenters. The summed E-state index contributed by atoms with van der Waals surface area (Å²) in [6, 6.07) is 9.79. The summed E-state index contributed by atoms with van der Waals surface area (Å²) in [5, 5.41) is 13.3. The molecule has 2 aromatic rings. The average Bonchev–Trinajstić information content (AvgIpc) is 2.88. The normalized spacial score (nSPS) is 10.2. The van der Waals surface area contributed by atoms with Crippen molar-refractivity contribution >= 4 is 11.3 Å². The van der Waals surface area contributed by atoms with Crippen molar-refractivity contribution in [2.24, 2.45) is 0 Å². The Kier molecular flexibility index (Phi) is 4.46. The van der Waals surface area contributed by atoms with Crippen LogP contribution in [-0.4, -0.2) is 11.5 Å². The summed E-state index contributed by atoms with van der Waals surface area (Å²) in [7, 11) is 0. The summed E-state index contributed by atoms with van der Waals surface area (Å²) in [5.74, 6) is 0. The van der Waals surface area contributed by atoms with Crippen molar-refractivity contribution in [2.75, 3.05) is 6.54 Å². The molecular weight excluding hydrogens is 242 g/mol. The van der Waals surface area contributed by atoms with Crippen LogP contribution in [0.25, 0.3) is 10.4 Å². The fourth-order valence-corrected chi connectivity index (χ4v) is 2.52. The maximum atomic E-state index is 8.89. The van der Waals surface area contributed by atoms with E-state index in [4.69, 9.17) is 5.26 Å². The van der Waals surface area contributed by atoms with Crippen molar-refractivity contribution in [3.05, 3.63) is 41.0 Å². The van der Waals surface area contributed by atoms with E-state index >= 15 is 0 Å². The van der Waals surface area contributed by atoms with Crippen molar-refractivity contribution in [3.63, 3.8) is 0 Å². The van der Waals surface area contributed by atoms with Crippen LogP contribution in [0.15, 0.2) is 30.5 Å². The van der Waals surface area contributed by atoms with Gasteiger partial charge in [0.25, 0.3) is 0 Å². The number of hydrogen-bond acceptors (Lipinski definition) is 4. The van der Waals surface area contributed by atoms with Gasteiger partial charge >= 0.3 is 0 Å². The Morgan fingerprint density at radius 2 is 2.33 bits per heavy atom. The van der Waals surface area contributed by atoms with Crippen molar-refractivity contribution in [1.29, 1.82) is 5.26 Å². The molecule has 4 heteroatoms. The van der Waals surface area contributed by atoms with Gasteiger partial charge in [0.05, 0.1) is 16.5 Å². The molecule has 1 N–H and O–H groups in total. The van der Waals surface area contributed by atoms with E-state index < -0.39 is 0 Å². The van der Waals surface area contributed by atoms with Crippen molar-refractivity contribution in [2.45, 2.75) is 19.9 Å². The lowest BCUT2D eigenvalue weighted by Crippen LogP contribution is -2.13. The van der Waals surface area contributed by atoms with Crippen LogP contribution in [0, 0.1) is 11.3 Å². The first-order chi connectivity index (χ1) is 8.83. The van der Waals surface area contributed by atoms with Gasteiger partial charge < -0.3 is 5.32 Å². The molecule has 92 valence electrons. The minimum Gasteiger partial charge on any atom is -0.310 e. The minimum atomic E-state index is 0.687. The standard InChI is InChI=1S/C14H15N3S/c1-2-6-16-10-14-17-9-13(18-14)12-5-3-4-11(7-12)8-15/h3-5,7,9,16H,2,6,10H2,1H3. The fourth-order valence-electron chi connectivity index (χ4n) is 1.64. The van der Waals surface area contributed by atoms with E-state index in [1.807, 2.05) is 30.5 Å². The maximum Gasteiger partial charge on any atom is 0.107 e. The van der Waals surface area contributed by atoms with Gasteiger partial charge in [0, 0.05) is 12.7 Å². The zero-order valence-electron chi connectivity index (χ0n) is 10.3. The maximum absolute atomic E-state index is 8.89. The molecule has 3 nitrogen and oxygen atoms in total. The Morgan fingerprint density at radius 1 is 1.44 bits per heavy atom. The number of aromatic nitrogens is 1. The lowest BCUT2D eigenvalue weighted by Gasteiger charge is -1.98. The van der Waals surface area contributed by atoms with Crippen LogP contribution >= 0.6 is 11.3 Å². The van der Waals surface area contributed by atoms with Crippen LogP contribution in [0.5, 0.6) is 0 Å². The Morgan fingerprint density at radius 3 is 3.11 bits per heavy atom. The van der Waals surface area contributed by atoms with Gasteiger partial charge in [-0.2, -0.15) is 5.26 Å². The van der Waals surface area contributed by atoms with E-state index in [-0.39, 0.29) is 0 Å². The van der Waals surface area contributed by atoms with Gasteiger partial charge in [-0.1, -0.05) is 19.1 Å². The van der Waals surface area contributed by atoms with Gasteiger partial charge in [-0.25, -0.2) is 4.98 Å². The Balaban J connectivity index is 2.11. The number of nitrogens with zero attached hydrogens (tertiary/aromatic N) is 2. The summed E-state index contributed by atoms with van der Waals surface area (Å²) < 4.78 is 0. The molecule has 0 spiro atoms. The van der Waals surface area contributed by atoms with Gasteiger partial charge in [0.15, 0.2) is 0 Å². The molecule has 0 saturated heterocycles. The third-order valence-electron chi connectivity index (χ3n) is 2.53. The summed E-state index contributed by atoms with van der Waals surface area (Å²) in [6.07, 6.45) is 3.01. The number of rotatable bonds is 5.